The maximum Gasteiger partial charge on any atom is 0.117 e. The van der Waals surface area contributed by atoms with Crippen molar-refractivity contribution in [2.24, 2.45) is 5.92 Å². The summed E-state index contributed by atoms with van der Waals surface area (Å²) in [6.45, 7) is 3.20. The minimum atomic E-state index is 0.709. The van der Waals surface area contributed by atoms with Gasteiger partial charge in [-0.25, -0.2) is 0 Å². The zero-order valence-corrected chi connectivity index (χ0v) is 10.0. The lowest BCUT2D eigenvalue weighted by molar-refractivity contribution is 0.421. The molecule has 0 saturated heterocycles. The summed E-state index contributed by atoms with van der Waals surface area (Å²) in [5, 5.41) is 3.59. The Kier molecular flexibility index (Phi) is 2.76. The molecular formula is C14H21NO. The summed E-state index contributed by atoms with van der Waals surface area (Å²) in [7, 11) is 0. The Morgan fingerprint density at radius 2 is 2.06 bits per heavy atom. The maximum absolute atomic E-state index is 5.88. The van der Waals surface area contributed by atoms with Crippen LogP contribution >= 0.6 is 0 Å². The quantitative estimate of drug-likeness (QED) is 0.839. The number of hydrogen-bond donors (Lipinski definition) is 1. The Morgan fingerprint density at radius 3 is 2.75 bits per heavy atom. The SMILES string of the molecule is CC1CC1c1ccc(CNC2CCCC2)o1. The smallest absolute Gasteiger partial charge is 0.117 e. The van der Waals surface area contributed by atoms with Gasteiger partial charge in [-0.15, -0.1) is 0 Å². The molecular weight excluding hydrogens is 198 g/mol. The molecule has 0 bridgehead atoms. The van der Waals surface area contributed by atoms with Gasteiger partial charge in [0.05, 0.1) is 6.54 Å². The first kappa shape index (κ1) is 10.4. The van der Waals surface area contributed by atoms with Crippen LogP contribution in [0.15, 0.2) is 16.5 Å². The van der Waals surface area contributed by atoms with E-state index in [2.05, 4.69) is 24.4 Å². The number of furan rings is 1. The molecule has 1 heterocycles. The third kappa shape index (κ3) is 2.17. The van der Waals surface area contributed by atoms with Crippen molar-refractivity contribution in [3.63, 3.8) is 0 Å². The summed E-state index contributed by atoms with van der Waals surface area (Å²) in [6, 6.07) is 5.04. The first-order chi connectivity index (χ1) is 7.83. The van der Waals surface area contributed by atoms with Crippen LogP contribution in [-0.4, -0.2) is 6.04 Å². The molecule has 2 saturated carbocycles. The van der Waals surface area contributed by atoms with Crippen LogP contribution in [0, 0.1) is 5.92 Å². The Bertz CT molecular complexity index is 351. The number of nitrogens with one attached hydrogen (secondary N) is 1. The second kappa shape index (κ2) is 4.25. The summed E-state index contributed by atoms with van der Waals surface area (Å²) in [5.74, 6) is 3.86. The second-order valence-electron chi connectivity index (χ2n) is 5.49. The van der Waals surface area contributed by atoms with E-state index >= 15 is 0 Å². The van der Waals surface area contributed by atoms with Gasteiger partial charge < -0.3 is 9.73 Å². The highest BCUT2D eigenvalue weighted by molar-refractivity contribution is 5.17. The summed E-state index contributed by atoms with van der Waals surface area (Å²) < 4.78 is 5.88. The Hall–Kier alpha value is -0.760. The number of rotatable bonds is 4. The summed E-state index contributed by atoms with van der Waals surface area (Å²) in [4.78, 5) is 0. The molecule has 1 aromatic rings. The predicted molar refractivity (Wildman–Crippen MR) is 64.3 cm³/mol. The molecule has 2 fully saturated rings. The zero-order chi connectivity index (χ0) is 11.0. The molecule has 2 aliphatic rings. The maximum atomic E-state index is 5.88. The molecule has 2 aliphatic carbocycles. The van der Waals surface area contributed by atoms with E-state index in [-0.39, 0.29) is 0 Å². The third-order valence-electron chi connectivity index (χ3n) is 4.08. The van der Waals surface area contributed by atoms with Crippen molar-refractivity contribution < 1.29 is 4.42 Å². The lowest BCUT2D eigenvalue weighted by atomic mass is 10.2. The van der Waals surface area contributed by atoms with E-state index < -0.39 is 0 Å². The predicted octanol–water partition coefficient (Wildman–Crippen LogP) is 3.44. The molecule has 2 heteroatoms. The van der Waals surface area contributed by atoms with Gasteiger partial charge in [-0.05, 0) is 37.3 Å². The van der Waals surface area contributed by atoms with Crippen LogP contribution in [0.5, 0.6) is 0 Å². The van der Waals surface area contributed by atoms with E-state index in [1.165, 1.54) is 37.9 Å². The minimum absolute atomic E-state index is 0.709. The first-order valence-electron chi connectivity index (χ1n) is 6.65. The summed E-state index contributed by atoms with van der Waals surface area (Å²) in [6.07, 6.45) is 6.77. The van der Waals surface area contributed by atoms with Gasteiger partial charge in [0.1, 0.15) is 11.5 Å². The van der Waals surface area contributed by atoms with Gasteiger partial charge in [0.25, 0.3) is 0 Å². The van der Waals surface area contributed by atoms with Crippen molar-refractivity contribution >= 4 is 0 Å². The van der Waals surface area contributed by atoms with Crippen molar-refractivity contribution in [1.82, 2.24) is 5.32 Å². The molecule has 0 aromatic carbocycles. The minimum Gasteiger partial charge on any atom is -0.464 e. The molecule has 0 amide bonds. The van der Waals surface area contributed by atoms with Crippen molar-refractivity contribution in [3.8, 4) is 0 Å². The van der Waals surface area contributed by atoms with Crippen molar-refractivity contribution in [2.45, 2.75) is 57.5 Å². The van der Waals surface area contributed by atoms with Gasteiger partial charge in [-0.3, -0.25) is 0 Å². The van der Waals surface area contributed by atoms with Crippen molar-refractivity contribution in [2.75, 3.05) is 0 Å². The molecule has 2 atom stereocenters. The van der Waals surface area contributed by atoms with Crippen LogP contribution < -0.4 is 5.32 Å². The van der Waals surface area contributed by atoms with Gasteiger partial charge >= 0.3 is 0 Å². The van der Waals surface area contributed by atoms with Gasteiger partial charge in [0.2, 0.25) is 0 Å². The van der Waals surface area contributed by atoms with E-state index in [1.54, 1.807) is 0 Å². The molecule has 16 heavy (non-hydrogen) atoms. The molecule has 2 unspecified atom stereocenters. The Morgan fingerprint density at radius 1 is 1.31 bits per heavy atom. The average Bonchev–Trinajstić information content (AvgIpc) is 2.80. The second-order valence-corrected chi connectivity index (χ2v) is 5.49. The average molecular weight is 219 g/mol. The monoisotopic (exact) mass is 219 g/mol. The number of hydrogen-bond acceptors (Lipinski definition) is 2. The van der Waals surface area contributed by atoms with Gasteiger partial charge in [0.15, 0.2) is 0 Å². The molecule has 0 radical (unpaired) electrons. The highest BCUT2D eigenvalue weighted by atomic mass is 16.3. The van der Waals surface area contributed by atoms with E-state index in [0.717, 1.165) is 24.3 Å². The molecule has 1 aromatic heterocycles. The van der Waals surface area contributed by atoms with Gasteiger partial charge in [-0.2, -0.15) is 0 Å². The fraction of sp³-hybridized carbons (Fsp3) is 0.714. The van der Waals surface area contributed by atoms with Crippen molar-refractivity contribution in [3.05, 3.63) is 23.7 Å². The van der Waals surface area contributed by atoms with E-state index in [0.29, 0.717) is 5.92 Å². The molecule has 0 aliphatic heterocycles. The molecule has 2 nitrogen and oxygen atoms in total. The Balaban J connectivity index is 1.52. The van der Waals surface area contributed by atoms with E-state index in [4.69, 9.17) is 4.42 Å². The molecule has 0 spiro atoms. The normalized spacial score (nSPS) is 29.8. The van der Waals surface area contributed by atoms with Crippen LogP contribution in [-0.2, 0) is 6.54 Å². The van der Waals surface area contributed by atoms with E-state index in [9.17, 15) is 0 Å². The lowest BCUT2D eigenvalue weighted by Gasteiger charge is -2.09. The highest BCUT2D eigenvalue weighted by Gasteiger charge is 2.36. The first-order valence-corrected chi connectivity index (χ1v) is 6.65. The lowest BCUT2D eigenvalue weighted by Crippen LogP contribution is -2.24. The molecule has 3 rings (SSSR count). The summed E-state index contributed by atoms with van der Waals surface area (Å²) >= 11 is 0. The largest absolute Gasteiger partial charge is 0.464 e. The zero-order valence-electron chi connectivity index (χ0n) is 10.0. The van der Waals surface area contributed by atoms with E-state index in [1.807, 2.05) is 0 Å². The molecule has 1 N–H and O–H groups in total. The molecule has 88 valence electrons. The van der Waals surface area contributed by atoms with Crippen LogP contribution in [0.25, 0.3) is 0 Å². The van der Waals surface area contributed by atoms with Crippen LogP contribution in [0.4, 0.5) is 0 Å². The summed E-state index contributed by atoms with van der Waals surface area (Å²) in [5.41, 5.74) is 0. The third-order valence-corrected chi connectivity index (χ3v) is 4.08. The van der Waals surface area contributed by atoms with Gasteiger partial charge in [-0.1, -0.05) is 19.8 Å². The van der Waals surface area contributed by atoms with Crippen LogP contribution in [0.1, 0.15) is 56.5 Å². The highest BCUT2D eigenvalue weighted by Crippen LogP contribution is 2.47. The van der Waals surface area contributed by atoms with Crippen LogP contribution in [0.3, 0.4) is 0 Å². The fourth-order valence-electron chi connectivity index (χ4n) is 2.78. The van der Waals surface area contributed by atoms with Crippen molar-refractivity contribution in [1.29, 1.82) is 0 Å². The Labute approximate surface area is 97.4 Å². The van der Waals surface area contributed by atoms with Gasteiger partial charge in [0, 0.05) is 12.0 Å². The topological polar surface area (TPSA) is 25.2 Å². The standard InChI is InChI=1S/C14H21NO/c1-10-8-13(10)14-7-6-12(16-14)9-15-11-4-2-3-5-11/h6-7,10-11,13,15H,2-5,8-9H2,1H3. The fourth-order valence-corrected chi connectivity index (χ4v) is 2.78. The van der Waals surface area contributed by atoms with Crippen LogP contribution in [0.2, 0.25) is 0 Å².